The normalized spacial score (nSPS) is 25.1. The molecular weight excluding hydrogens is 975 g/mol. The lowest BCUT2D eigenvalue weighted by atomic mass is 9.59. The fourth-order valence-corrected chi connectivity index (χ4v) is 14.5. The van der Waals surface area contributed by atoms with E-state index in [1.54, 1.807) is 37.4 Å². The van der Waals surface area contributed by atoms with Gasteiger partial charge in [0.05, 0.1) is 38.5 Å². The van der Waals surface area contributed by atoms with Crippen molar-refractivity contribution in [2.45, 2.75) is 126 Å². The minimum absolute atomic E-state index is 0.0146. The van der Waals surface area contributed by atoms with Gasteiger partial charge in [0.15, 0.2) is 27.0 Å². The van der Waals surface area contributed by atoms with Crippen LogP contribution in [0.3, 0.4) is 0 Å². The monoisotopic (exact) mass is 1040 g/mol. The molecule has 20 heteroatoms. The molecule has 6 aliphatic rings. The molecule has 2 saturated carbocycles. The van der Waals surface area contributed by atoms with Gasteiger partial charge in [-0.3, -0.25) is 19.8 Å². The molecule has 4 aliphatic heterocycles. The van der Waals surface area contributed by atoms with Crippen LogP contribution in [0.4, 0.5) is 17.1 Å². The quantitative estimate of drug-likeness (QED) is 0.0640. The SMILES string of the molecule is CC(C)c1ccccc1[C@@H]1CCCN1C1CC2(CCN(c3ccc(C(=O)NS(=O)(=O)c4cc5c(c([N+](=O)[O-])c4)N[C@@H]([C@H]4CC[C@](C)(O)CC4)CO5)c(Oc4cc5cc[nH]c5nc4OC4CS(=O)(=O)C4)c3)CC2)C1. The van der Waals surface area contributed by atoms with Gasteiger partial charge in [0.1, 0.15) is 24.1 Å². The zero-order chi connectivity index (χ0) is 51.0. The summed E-state index contributed by atoms with van der Waals surface area (Å²) in [6.07, 6.45) is 10.1. The van der Waals surface area contributed by atoms with E-state index in [0.29, 0.717) is 54.7 Å². The average Bonchev–Trinajstić information content (AvgIpc) is 4.02. The molecule has 388 valence electrons. The predicted molar refractivity (Wildman–Crippen MR) is 275 cm³/mol. The molecule has 1 amide bonds. The van der Waals surface area contributed by atoms with Gasteiger partial charge in [0.2, 0.25) is 0 Å². The Morgan fingerprint density at radius 3 is 2.47 bits per heavy atom. The van der Waals surface area contributed by atoms with E-state index >= 15 is 0 Å². The Labute approximate surface area is 425 Å². The van der Waals surface area contributed by atoms with Gasteiger partial charge >= 0.3 is 0 Å². The average molecular weight is 1040 g/mol. The summed E-state index contributed by atoms with van der Waals surface area (Å²) in [6.45, 7) is 9.08. The number of pyridine rings is 1. The van der Waals surface area contributed by atoms with E-state index < -0.39 is 53.0 Å². The van der Waals surface area contributed by atoms with Gasteiger partial charge in [0.25, 0.3) is 27.5 Å². The topological polar surface area (TPSA) is 236 Å². The van der Waals surface area contributed by atoms with Crippen molar-refractivity contribution in [1.82, 2.24) is 19.6 Å². The number of aromatic amines is 1. The molecule has 0 unspecified atom stereocenters. The zero-order valence-electron chi connectivity index (χ0n) is 41.3. The highest BCUT2D eigenvalue weighted by Gasteiger charge is 2.50. The number of anilines is 2. The molecule has 2 atom stereocenters. The maximum Gasteiger partial charge on any atom is 0.297 e. The van der Waals surface area contributed by atoms with Crippen LogP contribution >= 0.6 is 0 Å². The third-order valence-corrected chi connectivity index (χ3v) is 19.6. The number of nitro benzene ring substituents is 1. The minimum atomic E-state index is -4.77. The van der Waals surface area contributed by atoms with Crippen LogP contribution in [0.25, 0.3) is 11.0 Å². The van der Waals surface area contributed by atoms with Crippen molar-refractivity contribution in [2.24, 2.45) is 11.3 Å². The second kappa shape index (κ2) is 18.8. The standard InChI is InChI=1S/C53H63N7O11S2/c1-32(2)39-7-4-5-8-40(39)43-9-6-20-59(43)36-27-53(28-36)17-21-58(22-18-53)35-10-11-41(45(24-35)71-47-23-34-14-19-54-49(34)56-51(47)70-37-30-72(65,66)31-37)50(61)57-73(67,68)38-25-44(60(63)64)48-46(26-38)69-29-42(55-48)33-12-15-52(3,62)16-13-33/h4-5,7-8,10-11,14,19,23-26,32-33,36-37,42-43,55,62H,6,9,12-13,15-18,20-22,27-31H2,1-3H3,(H,54,56)(H,57,61)/t33-,42-,43+,52-/m1/s1. The number of H-pyrrole nitrogens is 1. The molecular formula is C53H63N7O11S2. The molecule has 73 heavy (non-hydrogen) atoms. The highest BCUT2D eigenvalue weighted by molar-refractivity contribution is 7.92. The van der Waals surface area contributed by atoms with Gasteiger partial charge in [-0.1, -0.05) is 38.1 Å². The van der Waals surface area contributed by atoms with Crippen LogP contribution < -0.4 is 29.1 Å². The molecule has 1 spiro atoms. The first kappa shape index (κ1) is 49.3. The van der Waals surface area contributed by atoms with Crippen molar-refractivity contribution in [3.63, 3.8) is 0 Å². The number of benzene rings is 3. The number of aliphatic hydroxyl groups is 1. The summed E-state index contributed by atoms with van der Waals surface area (Å²) < 4.78 is 73.3. The molecule has 18 nitrogen and oxygen atoms in total. The number of carbonyl (C=O) groups excluding carboxylic acids is 1. The number of carbonyl (C=O) groups is 1. The van der Waals surface area contributed by atoms with Crippen molar-refractivity contribution in [3.05, 3.63) is 99.7 Å². The van der Waals surface area contributed by atoms with Gasteiger partial charge < -0.3 is 34.5 Å². The lowest BCUT2D eigenvalue weighted by Crippen LogP contribution is -2.54. The summed E-state index contributed by atoms with van der Waals surface area (Å²) in [4.78, 5) is 38.3. The summed E-state index contributed by atoms with van der Waals surface area (Å²) in [7, 11) is -8.03. The van der Waals surface area contributed by atoms with Gasteiger partial charge in [-0.2, -0.15) is 4.98 Å². The highest BCUT2D eigenvalue weighted by atomic mass is 32.2. The zero-order valence-corrected chi connectivity index (χ0v) is 43.0. The Bertz CT molecular complexity index is 3180. The summed E-state index contributed by atoms with van der Waals surface area (Å²) >= 11 is 0. The number of hydrogen-bond donors (Lipinski definition) is 4. The molecule has 0 radical (unpaired) electrons. The van der Waals surface area contributed by atoms with Crippen molar-refractivity contribution < 1.29 is 45.9 Å². The summed E-state index contributed by atoms with van der Waals surface area (Å²) in [6, 6.07) is 20.0. The second-order valence-electron chi connectivity index (χ2n) is 21.9. The van der Waals surface area contributed by atoms with Crippen molar-refractivity contribution >= 4 is 53.9 Å². The number of fused-ring (bicyclic) bond motifs is 2. The maximum absolute atomic E-state index is 14.4. The number of likely N-dealkylation sites (tertiary alicyclic amines) is 1. The van der Waals surface area contributed by atoms with Crippen LogP contribution in [0, 0.1) is 21.4 Å². The molecule has 2 aliphatic carbocycles. The third-order valence-electron chi connectivity index (χ3n) is 16.5. The van der Waals surface area contributed by atoms with E-state index in [2.05, 4.69) is 67.9 Å². The Morgan fingerprint density at radius 1 is 0.986 bits per heavy atom. The molecule has 11 rings (SSSR count). The smallest absolute Gasteiger partial charge is 0.297 e. The first-order valence-electron chi connectivity index (χ1n) is 25.6. The summed E-state index contributed by atoms with van der Waals surface area (Å²) in [5.41, 5.74) is 2.92. The van der Waals surface area contributed by atoms with E-state index in [4.69, 9.17) is 14.2 Å². The van der Waals surface area contributed by atoms with E-state index in [1.165, 1.54) is 30.0 Å². The second-order valence-corrected chi connectivity index (χ2v) is 25.8. The first-order chi connectivity index (χ1) is 34.8. The molecule has 0 bridgehead atoms. The molecule has 5 aromatic rings. The van der Waals surface area contributed by atoms with Crippen LogP contribution in [-0.4, -0.2) is 109 Å². The van der Waals surface area contributed by atoms with Crippen LogP contribution in [0.1, 0.15) is 118 Å². The van der Waals surface area contributed by atoms with Gasteiger partial charge in [-0.15, -0.1) is 0 Å². The number of aromatic nitrogens is 2. The van der Waals surface area contributed by atoms with Crippen molar-refractivity contribution in [2.75, 3.05) is 48.0 Å². The fraction of sp³-hybridized carbons (Fsp3) is 0.509. The van der Waals surface area contributed by atoms with Crippen molar-refractivity contribution in [1.29, 1.82) is 0 Å². The molecule has 5 fully saturated rings. The maximum atomic E-state index is 14.4. The Morgan fingerprint density at radius 2 is 1.74 bits per heavy atom. The number of amides is 1. The lowest BCUT2D eigenvalue weighted by molar-refractivity contribution is -0.384. The molecule has 4 N–H and O–H groups in total. The highest BCUT2D eigenvalue weighted by Crippen LogP contribution is 2.55. The molecule has 6 heterocycles. The fourth-order valence-electron chi connectivity index (χ4n) is 12.4. The van der Waals surface area contributed by atoms with E-state index in [0.717, 1.165) is 63.1 Å². The van der Waals surface area contributed by atoms with E-state index in [-0.39, 0.29) is 69.9 Å². The van der Waals surface area contributed by atoms with Crippen LogP contribution in [0.5, 0.6) is 23.1 Å². The van der Waals surface area contributed by atoms with Crippen LogP contribution in [0.15, 0.2) is 77.8 Å². The van der Waals surface area contributed by atoms with Crippen LogP contribution in [0.2, 0.25) is 0 Å². The number of nitrogens with zero attached hydrogens (tertiary/aromatic N) is 4. The Hall–Kier alpha value is -5.96. The Kier molecular flexibility index (Phi) is 12.7. The summed E-state index contributed by atoms with van der Waals surface area (Å²) in [5, 5.41) is 26.9. The van der Waals surface area contributed by atoms with Crippen molar-refractivity contribution in [3.8, 4) is 23.1 Å². The number of ether oxygens (including phenoxy) is 3. The minimum Gasteiger partial charge on any atom is -0.489 e. The Balaban J connectivity index is 0.846. The van der Waals surface area contributed by atoms with E-state index in [9.17, 15) is 36.9 Å². The summed E-state index contributed by atoms with van der Waals surface area (Å²) in [5.74, 6) is -0.925. The van der Waals surface area contributed by atoms with E-state index in [1.807, 2.05) is 0 Å². The van der Waals surface area contributed by atoms with Gasteiger partial charge in [-0.05, 0) is 130 Å². The molecule has 3 saturated heterocycles. The number of rotatable bonds is 13. The third kappa shape index (κ3) is 9.82. The number of sulfone groups is 1. The number of hydrogen-bond acceptors (Lipinski definition) is 15. The number of piperidine rings is 1. The van der Waals surface area contributed by atoms with Gasteiger partial charge in [0, 0.05) is 60.6 Å². The number of nitro groups is 1. The van der Waals surface area contributed by atoms with Crippen LogP contribution in [-0.2, 0) is 19.9 Å². The predicted octanol–water partition coefficient (Wildman–Crippen LogP) is 8.38. The number of nitrogens with one attached hydrogen (secondary N) is 3. The largest absolute Gasteiger partial charge is 0.489 e. The molecule has 3 aromatic carbocycles. The van der Waals surface area contributed by atoms with Gasteiger partial charge in [-0.25, -0.2) is 21.6 Å². The molecule has 2 aromatic heterocycles. The number of sulfonamides is 1. The first-order valence-corrected chi connectivity index (χ1v) is 28.9. The lowest BCUT2D eigenvalue weighted by Gasteiger charge is -2.56.